The van der Waals surface area contributed by atoms with Crippen LogP contribution in [-0.4, -0.2) is 36.1 Å². The third kappa shape index (κ3) is 8.44. The molecule has 0 spiro atoms. The fourth-order valence-corrected chi connectivity index (χ4v) is 7.74. The Balaban J connectivity index is 1.31. The molecule has 12 heteroatoms. The number of methoxy groups -OCH3 is 1. The number of amides is 3. The number of fused-ring (bicyclic) bond motifs is 1. The number of halogens is 2. The van der Waals surface area contributed by atoms with Gasteiger partial charge >= 0.3 is 5.97 Å². The van der Waals surface area contributed by atoms with E-state index in [2.05, 4.69) is 16.0 Å². The summed E-state index contributed by atoms with van der Waals surface area (Å²) in [6.45, 7) is 1.77. The summed E-state index contributed by atoms with van der Waals surface area (Å²) in [5, 5.41) is 9.05. The van der Waals surface area contributed by atoms with E-state index in [1.54, 1.807) is 73.7 Å². The number of hydrogen-bond donors (Lipinski definition) is 3. The minimum absolute atomic E-state index is 0.0697. The molecule has 0 aliphatic heterocycles. The Morgan fingerprint density at radius 1 is 0.915 bits per heavy atom. The Kier molecular flexibility index (Phi) is 11.4. The molecule has 0 radical (unpaired) electrons. The molecule has 8 nitrogen and oxygen atoms in total. The maximum Gasteiger partial charge on any atom is 0.341 e. The topological polar surface area (TPSA) is 114 Å². The van der Waals surface area contributed by atoms with Gasteiger partial charge in [0, 0.05) is 36.6 Å². The van der Waals surface area contributed by atoms with Crippen LogP contribution in [0.2, 0.25) is 10.0 Å². The van der Waals surface area contributed by atoms with Crippen LogP contribution in [0, 0.1) is 0 Å². The highest BCUT2D eigenvalue weighted by molar-refractivity contribution is 8.00. The van der Waals surface area contributed by atoms with E-state index in [1.165, 1.54) is 36.3 Å². The van der Waals surface area contributed by atoms with Crippen LogP contribution < -0.4 is 16.0 Å². The summed E-state index contributed by atoms with van der Waals surface area (Å²) in [4.78, 5) is 54.3. The van der Waals surface area contributed by atoms with E-state index < -0.39 is 23.0 Å². The maximum absolute atomic E-state index is 13.6. The van der Waals surface area contributed by atoms with Crippen molar-refractivity contribution in [1.29, 1.82) is 0 Å². The number of esters is 1. The highest BCUT2D eigenvalue weighted by Crippen LogP contribution is 2.39. The Labute approximate surface area is 290 Å². The summed E-state index contributed by atoms with van der Waals surface area (Å²) in [5.74, 6) is -1.80. The molecule has 3 N–H and O–H groups in total. The summed E-state index contributed by atoms with van der Waals surface area (Å²) in [7, 11) is 1.34. The summed E-state index contributed by atoms with van der Waals surface area (Å²) < 4.78 is 5.03. The quantitative estimate of drug-likeness (QED) is 0.0869. The molecule has 5 rings (SSSR count). The monoisotopic (exact) mass is 707 g/mol. The van der Waals surface area contributed by atoms with Gasteiger partial charge in [-0.1, -0.05) is 53.5 Å². The second-order valence-corrected chi connectivity index (χ2v) is 14.0. The van der Waals surface area contributed by atoms with Crippen LogP contribution in [0.1, 0.15) is 56.5 Å². The molecule has 1 heterocycles. The fraction of sp³-hybridized carbons (Fsp3) is 0.200. The van der Waals surface area contributed by atoms with Crippen LogP contribution >= 0.6 is 46.3 Å². The predicted molar refractivity (Wildman–Crippen MR) is 190 cm³/mol. The third-order valence-corrected chi connectivity index (χ3v) is 10.3. The van der Waals surface area contributed by atoms with Gasteiger partial charge in [0.25, 0.3) is 11.8 Å². The number of thiophene rings is 1. The normalized spacial score (nSPS) is 13.2. The number of aryl methyl sites for hydroxylation is 1. The van der Waals surface area contributed by atoms with Crippen molar-refractivity contribution in [2.45, 2.75) is 42.8 Å². The zero-order valence-corrected chi connectivity index (χ0v) is 28.7. The second-order valence-electron chi connectivity index (χ2n) is 10.7. The molecule has 0 fully saturated rings. The van der Waals surface area contributed by atoms with Crippen LogP contribution in [0.15, 0.2) is 83.4 Å². The van der Waals surface area contributed by atoms with Crippen molar-refractivity contribution in [3.63, 3.8) is 0 Å². The average Bonchev–Trinajstić information content (AvgIpc) is 3.43. The molecular weight excluding hydrogens is 677 g/mol. The van der Waals surface area contributed by atoms with E-state index >= 15 is 0 Å². The minimum Gasteiger partial charge on any atom is -0.465 e. The summed E-state index contributed by atoms with van der Waals surface area (Å²) >= 11 is 15.5. The van der Waals surface area contributed by atoms with E-state index in [0.29, 0.717) is 37.4 Å². The number of benzene rings is 3. The Morgan fingerprint density at radius 3 is 2.34 bits per heavy atom. The standard InChI is InChI=1S/C35H31Cl2N3O5S2/c1-20(31(41)40-34-30(35(44)45-2)24-14-6-7-17-29(24)47-34)46-23-13-8-12-22(18-23)38-33(43)28(19-25-26(36)15-9-16-27(25)37)39-32(42)21-10-4-3-5-11-21/h3-5,8-13,15-16,18-20H,6-7,14,17H2,1-2H3,(H,38,43)(H,39,42)(H,40,41)/b28-19+. The lowest BCUT2D eigenvalue weighted by atomic mass is 9.95. The van der Waals surface area contributed by atoms with E-state index in [0.717, 1.165) is 41.0 Å². The molecule has 3 aromatic carbocycles. The Morgan fingerprint density at radius 2 is 1.62 bits per heavy atom. The SMILES string of the molecule is COC(=O)c1c(NC(=O)C(C)Sc2cccc(NC(=O)/C(=C\c3c(Cl)cccc3Cl)NC(=O)c3ccccc3)c2)sc2c1CCCC2. The van der Waals surface area contributed by atoms with Gasteiger partial charge in [-0.2, -0.15) is 0 Å². The first kappa shape index (κ1) is 34.3. The number of rotatable bonds is 10. The van der Waals surface area contributed by atoms with Gasteiger partial charge in [0.1, 0.15) is 10.7 Å². The number of anilines is 2. The van der Waals surface area contributed by atoms with Crippen molar-refractivity contribution in [3.05, 3.63) is 116 Å². The lowest BCUT2D eigenvalue weighted by molar-refractivity contribution is -0.115. The second kappa shape index (κ2) is 15.7. The number of ether oxygens (including phenoxy) is 1. The van der Waals surface area contributed by atoms with E-state index in [1.807, 2.05) is 6.07 Å². The number of thioether (sulfide) groups is 1. The fourth-order valence-electron chi connectivity index (χ4n) is 5.02. The third-order valence-electron chi connectivity index (χ3n) is 7.39. The zero-order valence-electron chi connectivity index (χ0n) is 25.5. The van der Waals surface area contributed by atoms with Crippen molar-refractivity contribution in [1.82, 2.24) is 5.32 Å². The molecule has 1 aromatic heterocycles. The van der Waals surface area contributed by atoms with Crippen molar-refractivity contribution >= 4 is 86.8 Å². The molecular formula is C35H31Cl2N3O5S2. The van der Waals surface area contributed by atoms with Gasteiger partial charge in [0.05, 0.1) is 17.9 Å². The lowest BCUT2D eigenvalue weighted by Crippen LogP contribution is -2.30. The maximum atomic E-state index is 13.6. The van der Waals surface area contributed by atoms with Gasteiger partial charge in [-0.3, -0.25) is 14.4 Å². The van der Waals surface area contributed by atoms with Crippen LogP contribution in [0.4, 0.5) is 10.7 Å². The molecule has 4 aromatic rings. The van der Waals surface area contributed by atoms with E-state index in [9.17, 15) is 19.2 Å². The number of nitrogens with one attached hydrogen (secondary N) is 3. The summed E-state index contributed by atoms with van der Waals surface area (Å²) in [5.41, 5.74) is 2.53. The first-order valence-electron chi connectivity index (χ1n) is 14.8. The van der Waals surface area contributed by atoms with Crippen molar-refractivity contribution in [2.24, 2.45) is 0 Å². The molecule has 47 heavy (non-hydrogen) atoms. The minimum atomic E-state index is -0.602. The van der Waals surface area contributed by atoms with Crippen molar-refractivity contribution in [2.75, 3.05) is 17.7 Å². The van der Waals surface area contributed by atoms with Crippen LogP contribution in [0.25, 0.3) is 6.08 Å². The molecule has 0 saturated carbocycles. The summed E-state index contributed by atoms with van der Waals surface area (Å²) in [6.07, 6.45) is 5.13. The molecule has 1 unspecified atom stereocenters. The van der Waals surface area contributed by atoms with Gasteiger partial charge in [-0.05, 0) is 86.7 Å². The first-order valence-corrected chi connectivity index (χ1v) is 17.2. The summed E-state index contributed by atoms with van der Waals surface area (Å²) in [6, 6.07) is 20.5. The Bertz CT molecular complexity index is 1840. The molecule has 0 bridgehead atoms. The van der Waals surface area contributed by atoms with Gasteiger partial charge in [0.2, 0.25) is 5.91 Å². The van der Waals surface area contributed by atoms with Gasteiger partial charge in [0.15, 0.2) is 0 Å². The van der Waals surface area contributed by atoms with Crippen LogP contribution in [0.5, 0.6) is 0 Å². The molecule has 1 atom stereocenters. The first-order chi connectivity index (χ1) is 22.6. The number of carbonyl (C=O) groups is 4. The molecule has 1 aliphatic rings. The van der Waals surface area contributed by atoms with E-state index in [4.69, 9.17) is 27.9 Å². The van der Waals surface area contributed by atoms with E-state index in [-0.39, 0.29) is 11.6 Å². The van der Waals surface area contributed by atoms with Crippen molar-refractivity contribution in [3.8, 4) is 0 Å². The molecule has 1 aliphatic carbocycles. The highest BCUT2D eigenvalue weighted by atomic mass is 35.5. The predicted octanol–water partition coefficient (Wildman–Crippen LogP) is 8.25. The molecule has 3 amide bonds. The van der Waals surface area contributed by atoms with Gasteiger partial charge in [-0.15, -0.1) is 23.1 Å². The number of carbonyl (C=O) groups excluding carboxylic acids is 4. The smallest absolute Gasteiger partial charge is 0.341 e. The number of hydrogen-bond acceptors (Lipinski definition) is 7. The molecule has 0 saturated heterocycles. The average molecular weight is 709 g/mol. The van der Waals surface area contributed by atoms with Gasteiger partial charge in [-0.25, -0.2) is 4.79 Å². The zero-order chi connectivity index (χ0) is 33.5. The highest BCUT2D eigenvalue weighted by Gasteiger charge is 2.28. The van der Waals surface area contributed by atoms with Crippen LogP contribution in [-0.2, 0) is 27.2 Å². The largest absolute Gasteiger partial charge is 0.465 e. The van der Waals surface area contributed by atoms with Crippen LogP contribution in [0.3, 0.4) is 0 Å². The molecule has 242 valence electrons. The van der Waals surface area contributed by atoms with Gasteiger partial charge < -0.3 is 20.7 Å². The Hall–Kier alpha value is -4.09. The lowest BCUT2D eigenvalue weighted by Gasteiger charge is -2.15. The van der Waals surface area contributed by atoms with Crippen molar-refractivity contribution < 1.29 is 23.9 Å².